The molecule has 3 heterocycles. The molecule has 0 radical (unpaired) electrons. The Balaban J connectivity index is 0.00000261. The van der Waals surface area contributed by atoms with E-state index in [1.165, 1.54) is 5.56 Å². The number of rotatable bonds is 4. The molecule has 1 unspecified atom stereocenters. The average Bonchev–Trinajstić information content (AvgIpc) is 3.01. The fourth-order valence-corrected chi connectivity index (χ4v) is 3.56. The Morgan fingerprint density at radius 1 is 1.26 bits per heavy atom. The molecule has 1 atom stereocenters. The summed E-state index contributed by atoms with van der Waals surface area (Å²) in [4.78, 5) is 13.5. The highest BCUT2D eigenvalue weighted by atomic mass is 127. The summed E-state index contributed by atoms with van der Waals surface area (Å²) in [6, 6.07) is 6.05. The SMILES string of the molecule is CN=C(NCC(C)c1c(C)noc1C)N1CCN(c2ccccn2)CC1.I. The molecule has 7 nitrogen and oxygen atoms in total. The summed E-state index contributed by atoms with van der Waals surface area (Å²) in [6.45, 7) is 10.7. The van der Waals surface area contributed by atoms with Gasteiger partial charge in [-0.05, 0) is 26.0 Å². The average molecular weight is 484 g/mol. The molecule has 0 saturated carbocycles. The molecule has 0 amide bonds. The Kier molecular flexibility index (Phi) is 7.88. The molecule has 3 rings (SSSR count). The molecule has 1 aliphatic rings. The number of piperazine rings is 1. The van der Waals surface area contributed by atoms with Crippen LogP contribution >= 0.6 is 24.0 Å². The van der Waals surface area contributed by atoms with Gasteiger partial charge in [0.05, 0.1) is 5.69 Å². The Hall–Kier alpha value is -1.84. The van der Waals surface area contributed by atoms with Crippen molar-refractivity contribution in [3.05, 3.63) is 41.4 Å². The van der Waals surface area contributed by atoms with Crippen LogP contribution in [0, 0.1) is 13.8 Å². The zero-order chi connectivity index (χ0) is 18.5. The second-order valence-electron chi connectivity index (χ2n) is 6.73. The highest BCUT2D eigenvalue weighted by Crippen LogP contribution is 2.22. The summed E-state index contributed by atoms with van der Waals surface area (Å²) >= 11 is 0. The lowest BCUT2D eigenvalue weighted by Crippen LogP contribution is -2.53. The monoisotopic (exact) mass is 484 g/mol. The highest BCUT2D eigenvalue weighted by molar-refractivity contribution is 14.0. The van der Waals surface area contributed by atoms with Gasteiger partial charge in [0.15, 0.2) is 5.96 Å². The number of halogens is 1. The van der Waals surface area contributed by atoms with Gasteiger partial charge >= 0.3 is 0 Å². The van der Waals surface area contributed by atoms with E-state index in [1.54, 1.807) is 0 Å². The van der Waals surface area contributed by atoms with E-state index in [0.717, 1.165) is 56.0 Å². The molecule has 8 heteroatoms. The smallest absolute Gasteiger partial charge is 0.193 e. The van der Waals surface area contributed by atoms with Crippen LogP contribution in [0.2, 0.25) is 0 Å². The van der Waals surface area contributed by atoms with E-state index in [9.17, 15) is 0 Å². The van der Waals surface area contributed by atoms with Crippen LogP contribution in [-0.2, 0) is 0 Å². The van der Waals surface area contributed by atoms with Gasteiger partial charge in [0, 0.05) is 57.4 Å². The van der Waals surface area contributed by atoms with Crippen LogP contribution in [0.15, 0.2) is 33.9 Å². The normalized spacial score (nSPS) is 16.1. The molecule has 1 N–H and O–H groups in total. The molecular weight excluding hydrogens is 455 g/mol. The van der Waals surface area contributed by atoms with Crippen molar-refractivity contribution in [2.75, 3.05) is 44.7 Å². The number of pyridine rings is 1. The number of aromatic nitrogens is 2. The molecule has 0 spiro atoms. The quantitative estimate of drug-likeness (QED) is 0.409. The van der Waals surface area contributed by atoms with Gasteiger partial charge in [-0.1, -0.05) is 18.1 Å². The summed E-state index contributed by atoms with van der Waals surface area (Å²) in [6.07, 6.45) is 1.85. The van der Waals surface area contributed by atoms with Crippen LogP contribution in [-0.4, -0.2) is 60.8 Å². The first-order valence-electron chi connectivity index (χ1n) is 9.14. The molecule has 1 aliphatic heterocycles. The van der Waals surface area contributed by atoms with Crippen LogP contribution in [0.5, 0.6) is 0 Å². The number of anilines is 1. The molecule has 0 aromatic carbocycles. The second kappa shape index (κ2) is 9.91. The predicted molar refractivity (Wildman–Crippen MR) is 119 cm³/mol. The number of guanidine groups is 1. The molecule has 2 aromatic heterocycles. The Morgan fingerprint density at radius 3 is 2.56 bits per heavy atom. The van der Waals surface area contributed by atoms with Crippen LogP contribution in [0.3, 0.4) is 0 Å². The largest absolute Gasteiger partial charge is 0.361 e. The summed E-state index contributed by atoms with van der Waals surface area (Å²) in [7, 11) is 1.84. The van der Waals surface area contributed by atoms with E-state index >= 15 is 0 Å². The number of aliphatic imine (C=N–C) groups is 1. The summed E-state index contributed by atoms with van der Waals surface area (Å²) in [5.74, 6) is 3.20. The molecule has 148 valence electrons. The molecular formula is C19H29IN6O. The standard InChI is InChI=1S/C19H28N6O.HI/c1-14(18-15(2)23-26-16(18)3)13-22-19(20-4)25-11-9-24(10-12-25)17-7-5-6-8-21-17;/h5-8,14H,9-13H2,1-4H3,(H,20,22);1H. The zero-order valence-corrected chi connectivity index (χ0v) is 18.8. The van der Waals surface area contributed by atoms with E-state index in [1.807, 2.05) is 39.2 Å². The van der Waals surface area contributed by atoms with Gasteiger partial charge in [0.1, 0.15) is 11.6 Å². The van der Waals surface area contributed by atoms with Gasteiger partial charge in [0.25, 0.3) is 0 Å². The maximum absolute atomic E-state index is 5.29. The van der Waals surface area contributed by atoms with Crippen molar-refractivity contribution in [1.29, 1.82) is 0 Å². The minimum Gasteiger partial charge on any atom is -0.361 e. The molecule has 27 heavy (non-hydrogen) atoms. The van der Waals surface area contributed by atoms with Gasteiger partial charge in [-0.2, -0.15) is 0 Å². The van der Waals surface area contributed by atoms with Crippen molar-refractivity contribution < 1.29 is 4.52 Å². The highest BCUT2D eigenvalue weighted by Gasteiger charge is 2.22. The van der Waals surface area contributed by atoms with Crippen LogP contribution in [0.4, 0.5) is 5.82 Å². The Bertz CT molecular complexity index is 720. The number of aryl methyl sites for hydroxylation is 2. The first kappa shape index (κ1) is 21.5. The minimum atomic E-state index is 0. The lowest BCUT2D eigenvalue weighted by atomic mass is 10.00. The number of hydrogen-bond acceptors (Lipinski definition) is 5. The molecule has 1 saturated heterocycles. The van der Waals surface area contributed by atoms with Gasteiger partial charge in [-0.15, -0.1) is 24.0 Å². The molecule has 0 bridgehead atoms. The van der Waals surface area contributed by atoms with Crippen molar-refractivity contribution in [1.82, 2.24) is 20.4 Å². The van der Waals surface area contributed by atoms with E-state index in [0.29, 0.717) is 5.92 Å². The van der Waals surface area contributed by atoms with Gasteiger partial charge in [-0.3, -0.25) is 4.99 Å². The zero-order valence-electron chi connectivity index (χ0n) is 16.5. The summed E-state index contributed by atoms with van der Waals surface area (Å²) in [5.41, 5.74) is 2.16. The lowest BCUT2D eigenvalue weighted by Gasteiger charge is -2.37. The second-order valence-corrected chi connectivity index (χ2v) is 6.73. The van der Waals surface area contributed by atoms with Crippen LogP contribution < -0.4 is 10.2 Å². The van der Waals surface area contributed by atoms with E-state index in [2.05, 4.69) is 43.2 Å². The molecule has 2 aromatic rings. The maximum atomic E-state index is 5.29. The number of hydrogen-bond donors (Lipinski definition) is 1. The minimum absolute atomic E-state index is 0. The Morgan fingerprint density at radius 2 is 2.00 bits per heavy atom. The topological polar surface area (TPSA) is 69.8 Å². The van der Waals surface area contributed by atoms with Gasteiger partial charge < -0.3 is 19.6 Å². The first-order chi connectivity index (χ1) is 12.6. The fraction of sp³-hybridized carbons (Fsp3) is 0.526. The van der Waals surface area contributed by atoms with E-state index in [4.69, 9.17) is 4.52 Å². The van der Waals surface area contributed by atoms with Gasteiger partial charge in [-0.25, -0.2) is 4.98 Å². The third kappa shape index (κ3) is 5.12. The fourth-order valence-electron chi connectivity index (χ4n) is 3.56. The van der Waals surface area contributed by atoms with E-state index < -0.39 is 0 Å². The van der Waals surface area contributed by atoms with Crippen molar-refractivity contribution >= 4 is 35.8 Å². The van der Waals surface area contributed by atoms with Crippen LogP contribution in [0.25, 0.3) is 0 Å². The first-order valence-corrected chi connectivity index (χ1v) is 9.14. The van der Waals surface area contributed by atoms with Crippen molar-refractivity contribution in [2.45, 2.75) is 26.7 Å². The Labute approximate surface area is 178 Å². The van der Waals surface area contributed by atoms with Crippen molar-refractivity contribution in [3.63, 3.8) is 0 Å². The third-order valence-electron chi connectivity index (χ3n) is 4.91. The van der Waals surface area contributed by atoms with Gasteiger partial charge in [0.2, 0.25) is 0 Å². The summed E-state index contributed by atoms with van der Waals surface area (Å²) in [5, 5.41) is 7.57. The van der Waals surface area contributed by atoms with E-state index in [-0.39, 0.29) is 24.0 Å². The summed E-state index contributed by atoms with van der Waals surface area (Å²) < 4.78 is 5.29. The predicted octanol–water partition coefficient (Wildman–Crippen LogP) is 2.81. The maximum Gasteiger partial charge on any atom is 0.193 e. The van der Waals surface area contributed by atoms with Crippen LogP contribution in [0.1, 0.15) is 29.9 Å². The number of nitrogens with zero attached hydrogens (tertiary/aromatic N) is 5. The van der Waals surface area contributed by atoms with Crippen molar-refractivity contribution in [2.24, 2.45) is 4.99 Å². The lowest BCUT2D eigenvalue weighted by molar-refractivity contribution is 0.370. The molecule has 1 fully saturated rings. The number of nitrogens with one attached hydrogen (secondary N) is 1. The molecule has 0 aliphatic carbocycles. The van der Waals surface area contributed by atoms with Crippen molar-refractivity contribution in [3.8, 4) is 0 Å². The third-order valence-corrected chi connectivity index (χ3v) is 4.91.